The van der Waals surface area contributed by atoms with Crippen molar-refractivity contribution in [2.24, 2.45) is 0 Å². The van der Waals surface area contributed by atoms with Gasteiger partial charge in [0.25, 0.3) is 11.5 Å². The molecule has 1 N–H and O–H groups in total. The lowest BCUT2D eigenvalue weighted by Gasteiger charge is -2.14. The average Bonchev–Trinajstić information content (AvgIpc) is 3.32. The van der Waals surface area contributed by atoms with Gasteiger partial charge < -0.3 is 10.1 Å². The van der Waals surface area contributed by atoms with E-state index < -0.39 is 17.2 Å². The second-order valence-corrected chi connectivity index (χ2v) is 8.53. The summed E-state index contributed by atoms with van der Waals surface area (Å²) in [5, 5.41) is 6.94. The molecule has 1 aliphatic rings. The minimum Gasteiger partial charge on any atom is -0.376 e. The summed E-state index contributed by atoms with van der Waals surface area (Å²) < 4.78 is 7.74. The van der Waals surface area contributed by atoms with E-state index in [0.29, 0.717) is 18.8 Å². The molecule has 2 heterocycles. The Balaban J connectivity index is 1.78. The zero-order chi connectivity index (χ0) is 23.5. The number of nitrogens with zero attached hydrogens (tertiary/aromatic N) is 3. The van der Waals surface area contributed by atoms with Crippen LogP contribution < -0.4 is 16.6 Å². The van der Waals surface area contributed by atoms with Crippen LogP contribution >= 0.6 is 0 Å². The van der Waals surface area contributed by atoms with Crippen LogP contribution in [0.5, 0.6) is 0 Å². The van der Waals surface area contributed by atoms with Crippen LogP contribution in [0.3, 0.4) is 0 Å². The summed E-state index contributed by atoms with van der Waals surface area (Å²) in [7, 11) is 0. The molecule has 0 bridgehead atoms. The lowest BCUT2D eigenvalue weighted by molar-refractivity contribution is 0.0849. The standard InChI is InChI=1S/C25H28N4O4/c1-16-6-9-19(10-7-16)15-28-24(31)22(23(30)26-14-21-5-4-12-33-21)27-29(25(28)32)20-11-8-17(2)18(3)13-20/h6-11,13,21H,4-5,12,14-15H2,1-3H3,(H,26,30)/t21-/m1/s1. The van der Waals surface area contributed by atoms with Crippen molar-refractivity contribution < 1.29 is 9.53 Å². The van der Waals surface area contributed by atoms with Gasteiger partial charge in [0, 0.05) is 13.2 Å². The quantitative estimate of drug-likeness (QED) is 0.624. The molecule has 1 aromatic heterocycles. The van der Waals surface area contributed by atoms with Gasteiger partial charge in [-0.15, -0.1) is 0 Å². The molecule has 172 valence electrons. The van der Waals surface area contributed by atoms with Crippen molar-refractivity contribution in [3.05, 3.63) is 91.3 Å². The van der Waals surface area contributed by atoms with Crippen LogP contribution in [0.2, 0.25) is 0 Å². The molecule has 8 heteroatoms. The number of hydrogen-bond donors (Lipinski definition) is 1. The van der Waals surface area contributed by atoms with Crippen molar-refractivity contribution in [3.63, 3.8) is 0 Å². The molecule has 0 unspecified atom stereocenters. The third-order valence-corrected chi connectivity index (χ3v) is 5.99. The first kappa shape index (κ1) is 22.7. The van der Waals surface area contributed by atoms with E-state index in [2.05, 4.69) is 10.4 Å². The highest BCUT2D eigenvalue weighted by Crippen LogP contribution is 2.13. The predicted molar refractivity (Wildman–Crippen MR) is 125 cm³/mol. The van der Waals surface area contributed by atoms with E-state index in [9.17, 15) is 14.4 Å². The van der Waals surface area contributed by atoms with Gasteiger partial charge in [0.1, 0.15) is 0 Å². The van der Waals surface area contributed by atoms with Gasteiger partial charge in [-0.25, -0.2) is 4.79 Å². The molecule has 2 aromatic carbocycles. The van der Waals surface area contributed by atoms with Crippen molar-refractivity contribution in [1.29, 1.82) is 0 Å². The van der Waals surface area contributed by atoms with E-state index in [1.54, 1.807) is 6.07 Å². The molecule has 4 rings (SSSR count). The molecule has 1 atom stereocenters. The first-order valence-corrected chi connectivity index (χ1v) is 11.1. The Morgan fingerprint density at radius 1 is 1.09 bits per heavy atom. The topological polar surface area (TPSA) is 95.2 Å². The number of ether oxygens (including phenoxy) is 1. The summed E-state index contributed by atoms with van der Waals surface area (Å²) in [5.41, 5.74) is 2.75. The summed E-state index contributed by atoms with van der Waals surface area (Å²) in [4.78, 5) is 39.4. The fourth-order valence-corrected chi connectivity index (χ4v) is 3.79. The Bertz CT molecular complexity index is 1290. The second kappa shape index (κ2) is 9.54. The van der Waals surface area contributed by atoms with Gasteiger partial charge in [-0.3, -0.25) is 14.2 Å². The van der Waals surface area contributed by atoms with E-state index in [0.717, 1.165) is 44.3 Å². The lowest BCUT2D eigenvalue weighted by Crippen LogP contribution is -2.46. The smallest absolute Gasteiger partial charge is 0.352 e. The highest BCUT2D eigenvalue weighted by Gasteiger charge is 2.23. The maximum absolute atomic E-state index is 13.3. The van der Waals surface area contributed by atoms with Crippen molar-refractivity contribution in [2.45, 2.75) is 46.3 Å². The zero-order valence-electron chi connectivity index (χ0n) is 19.1. The fourth-order valence-electron chi connectivity index (χ4n) is 3.79. The Kier molecular flexibility index (Phi) is 6.55. The SMILES string of the molecule is Cc1ccc(Cn2c(=O)c(C(=O)NC[C@H]3CCCO3)nn(-c3ccc(C)c(C)c3)c2=O)cc1. The average molecular weight is 449 g/mol. The number of carbonyl (C=O) groups is 1. The Morgan fingerprint density at radius 3 is 2.52 bits per heavy atom. The van der Waals surface area contributed by atoms with Crippen LogP contribution in [0.15, 0.2) is 52.1 Å². The molecule has 0 radical (unpaired) electrons. The summed E-state index contributed by atoms with van der Waals surface area (Å²) >= 11 is 0. The second-order valence-electron chi connectivity index (χ2n) is 8.53. The van der Waals surface area contributed by atoms with Crippen LogP contribution in [-0.2, 0) is 11.3 Å². The van der Waals surface area contributed by atoms with E-state index in [1.165, 1.54) is 0 Å². The van der Waals surface area contributed by atoms with Crippen LogP contribution in [-0.4, -0.2) is 39.5 Å². The normalized spacial score (nSPS) is 15.5. The minimum absolute atomic E-state index is 0.0390. The van der Waals surface area contributed by atoms with Crippen LogP contribution in [0.1, 0.15) is 45.6 Å². The van der Waals surface area contributed by atoms with Crippen LogP contribution in [0.25, 0.3) is 5.69 Å². The van der Waals surface area contributed by atoms with Crippen molar-refractivity contribution in [2.75, 3.05) is 13.2 Å². The molecule has 33 heavy (non-hydrogen) atoms. The number of rotatable bonds is 6. The van der Waals surface area contributed by atoms with Crippen molar-refractivity contribution in [3.8, 4) is 5.69 Å². The third kappa shape index (κ3) is 4.96. The first-order valence-electron chi connectivity index (χ1n) is 11.1. The molecular formula is C25H28N4O4. The number of aryl methyl sites for hydroxylation is 3. The summed E-state index contributed by atoms with van der Waals surface area (Å²) in [6.45, 7) is 6.86. The summed E-state index contributed by atoms with van der Waals surface area (Å²) in [5.74, 6) is -0.620. The number of hydrogen-bond acceptors (Lipinski definition) is 5. The van der Waals surface area contributed by atoms with E-state index in [1.807, 2.05) is 57.2 Å². The minimum atomic E-state index is -0.717. The first-order chi connectivity index (χ1) is 15.8. The molecule has 0 aliphatic carbocycles. The highest BCUT2D eigenvalue weighted by molar-refractivity contribution is 5.91. The van der Waals surface area contributed by atoms with E-state index in [4.69, 9.17) is 4.74 Å². The van der Waals surface area contributed by atoms with Gasteiger partial charge in [0.05, 0.1) is 18.3 Å². The molecule has 1 saturated heterocycles. The third-order valence-electron chi connectivity index (χ3n) is 5.99. The Morgan fingerprint density at radius 2 is 1.85 bits per heavy atom. The van der Waals surface area contributed by atoms with Crippen molar-refractivity contribution >= 4 is 5.91 Å². The van der Waals surface area contributed by atoms with Gasteiger partial charge in [-0.1, -0.05) is 35.9 Å². The summed E-state index contributed by atoms with van der Waals surface area (Å²) in [6, 6.07) is 13.0. The van der Waals surface area contributed by atoms with Gasteiger partial charge in [0.2, 0.25) is 5.69 Å². The van der Waals surface area contributed by atoms with E-state index in [-0.39, 0.29) is 18.3 Å². The summed E-state index contributed by atoms with van der Waals surface area (Å²) in [6.07, 6.45) is 1.72. The van der Waals surface area contributed by atoms with Crippen molar-refractivity contribution in [1.82, 2.24) is 19.7 Å². The van der Waals surface area contributed by atoms with Crippen LogP contribution in [0, 0.1) is 20.8 Å². The number of aromatic nitrogens is 3. The van der Waals surface area contributed by atoms with Gasteiger partial charge in [-0.2, -0.15) is 9.78 Å². The number of carbonyl (C=O) groups excluding carboxylic acids is 1. The molecule has 0 spiro atoms. The molecule has 1 fully saturated rings. The highest BCUT2D eigenvalue weighted by atomic mass is 16.5. The molecule has 1 amide bonds. The van der Waals surface area contributed by atoms with Gasteiger partial charge in [0.15, 0.2) is 0 Å². The lowest BCUT2D eigenvalue weighted by atomic mass is 10.1. The maximum Gasteiger partial charge on any atom is 0.352 e. The molecule has 3 aromatic rings. The number of amides is 1. The molecular weight excluding hydrogens is 420 g/mol. The maximum atomic E-state index is 13.3. The largest absolute Gasteiger partial charge is 0.376 e. The fraction of sp³-hybridized carbons (Fsp3) is 0.360. The Hall–Kier alpha value is -3.52. The van der Waals surface area contributed by atoms with Crippen LogP contribution in [0.4, 0.5) is 0 Å². The Labute approximate surface area is 191 Å². The molecule has 8 nitrogen and oxygen atoms in total. The number of nitrogens with one attached hydrogen (secondary N) is 1. The molecule has 1 aliphatic heterocycles. The van der Waals surface area contributed by atoms with E-state index >= 15 is 0 Å². The number of benzene rings is 2. The molecule has 0 saturated carbocycles. The zero-order valence-corrected chi connectivity index (χ0v) is 19.1. The monoisotopic (exact) mass is 448 g/mol. The van der Waals surface area contributed by atoms with Gasteiger partial charge >= 0.3 is 5.69 Å². The van der Waals surface area contributed by atoms with Gasteiger partial charge in [-0.05, 0) is 62.4 Å². The predicted octanol–water partition coefficient (Wildman–Crippen LogP) is 2.28.